The summed E-state index contributed by atoms with van der Waals surface area (Å²) in [6.45, 7) is 5.16. The molecule has 0 bridgehead atoms. The van der Waals surface area contributed by atoms with Crippen LogP contribution in [0.4, 0.5) is 0 Å². The maximum absolute atomic E-state index is 9.73. The van der Waals surface area contributed by atoms with Crippen molar-refractivity contribution >= 4 is 6.21 Å². The molecular formula is C18H22N3O+. The summed E-state index contributed by atoms with van der Waals surface area (Å²) in [6.07, 6.45) is 1.75. The van der Waals surface area contributed by atoms with Gasteiger partial charge in [-0.05, 0) is 12.1 Å². The van der Waals surface area contributed by atoms with Crippen LogP contribution in [-0.2, 0) is 6.54 Å². The van der Waals surface area contributed by atoms with Crippen LogP contribution in [0.15, 0.2) is 59.7 Å². The standard InChI is InChI=1S/C18H21N3O/c22-18-9-5-4-8-17(18)14-19-21-12-10-20(11-13-21)15-16-6-2-1-3-7-16/h1-9,14,22H,10-13,15H2/p+1. The number of phenolic OH excluding ortho intramolecular Hbond substituents is 1. The van der Waals surface area contributed by atoms with E-state index in [1.54, 1.807) is 17.2 Å². The lowest BCUT2D eigenvalue weighted by molar-refractivity contribution is -0.918. The van der Waals surface area contributed by atoms with Gasteiger partial charge in [-0.1, -0.05) is 42.5 Å². The summed E-state index contributed by atoms with van der Waals surface area (Å²) in [5, 5.41) is 16.3. The number of phenols is 1. The topological polar surface area (TPSA) is 40.3 Å². The zero-order chi connectivity index (χ0) is 15.2. The fourth-order valence-electron chi connectivity index (χ4n) is 2.73. The third-order valence-electron chi connectivity index (χ3n) is 4.04. The molecule has 2 aromatic carbocycles. The first kappa shape index (κ1) is 14.6. The van der Waals surface area contributed by atoms with E-state index in [0.717, 1.165) is 38.3 Å². The molecule has 2 aromatic rings. The second-order valence-electron chi connectivity index (χ2n) is 5.67. The second-order valence-corrected chi connectivity index (χ2v) is 5.67. The van der Waals surface area contributed by atoms with Gasteiger partial charge >= 0.3 is 0 Å². The predicted molar refractivity (Wildman–Crippen MR) is 88.1 cm³/mol. The fraction of sp³-hybridized carbons (Fsp3) is 0.278. The average Bonchev–Trinajstić information content (AvgIpc) is 2.56. The van der Waals surface area contributed by atoms with E-state index in [2.05, 4.69) is 40.4 Å². The van der Waals surface area contributed by atoms with Crippen molar-refractivity contribution in [2.24, 2.45) is 5.10 Å². The zero-order valence-electron chi connectivity index (χ0n) is 12.7. The van der Waals surface area contributed by atoms with Gasteiger partial charge in [0.1, 0.15) is 12.3 Å². The third-order valence-corrected chi connectivity index (χ3v) is 4.04. The van der Waals surface area contributed by atoms with Crippen LogP contribution in [0.1, 0.15) is 11.1 Å². The molecule has 114 valence electrons. The highest BCUT2D eigenvalue weighted by atomic mass is 16.3. The van der Waals surface area contributed by atoms with Crippen LogP contribution in [0.25, 0.3) is 0 Å². The molecule has 1 heterocycles. The Labute approximate surface area is 131 Å². The number of hydrogen-bond donors (Lipinski definition) is 2. The van der Waals surface area contributed by atoms with Gasteiger partial charge in [0.05, 0.1) is 32.4 Å². The number of nitrogens with zero attached hydrogens (tertiary/aromatic N) is 2. The number of aromatic hydroxyl groups is 1. The van der Waals surface area contributed by atoms with Gasteiger partial charge in [0, 0.05) is 11.1 Å². The number of benzene rings is 2. The van der Waals surface area contributed by atoms with E-state index in [-0.39, 0.29) is 5.75 Å². The Kier molecular flexibility index (Phi) is 4.71. The smallest absolute Gasteiger partial charge is 0.124 e. The van der Waals surface area contributed by atoms with Gasteiger partial charge in [0.2, 0.25) is 0 Å². The highest BCUT2D eigenvalue weighted by molar-refractivity contribution is 5.82. The number of nitrogens with one attached hydrogen (secondary N) is 1. The number of piperazine rings is 1. The number of hydrogen-bond acceptors (Lipinski definition) is 3. The molecule has 3 rings (SSSR count). The lowest BCUT2D eigenvalue weighted by atomic mass is 10.2. The molecule has 0 saturated carbocycles. The molecule has 0 spiro atoms. The summed E-state index contributed by atoms with van der Waals surface area (Å²) >= 11 is 0. The SMILES string of the molecule is Oc1ccccc1C=NN1CC[NH+](Cc2ccccc2)CC1. The van der Waals surface area contributed by atoms with Gasteiger partial charge in [-0.25, -0.2) is 0 Å². The van der Waals surface area contributed by atoms with Crippen LogP contribution in [0.2, 0.25) is 0 Å². The molecule has 1 saturated heterocycles. The molecule has 0 amide bonds. The molecule has 0 aromatic heterocycles. The molecule has 4 nitrogen and oxygen atoms in total. The van der Waals surface area contributed by atoms with E-state index in [0.29, 0.717) is 0 Å². The first-order chi connectivity index (χ1) is 10.8. The highest BCUT2D eigenvalue weighted by Crippen LogP contribution is 2.12. The molecular weight excluding hydrogens is 274 g/mol. The summed E-state index contributed by atoms with van der Waals surface area (Å²) in [6, 6.07) is 17.9. The van der Waals surface area contributed by atoms with Crippen LogP contribution in [0, 0.1) is 0 Å². The van der Waals surface area contributed by atoms with Crippen molar-refractivity contribution < 1.29 is 10.0 Å². The van der Waals surface area contributed by atoms with Crippen molar-refractivity contribution in [2.45, 2.75) is 6.54 Å². The van der Waals surface area contributed by atoms with Gasteiger partial charge in [-0.15, -0.1) is 0 Å². The first-order valence-electron chi connectivity index (χ1n) is 7.76. The summed E-state index contributed by atoms with van der Waals surface area (Å²) in [4.78, 5) is 1.60. The van der Waals surface area contributed by atoms with Crippen molar-refractivity contribution in [3.63, 3.8) is 0 Å². The lowest BCUT2D eigenvalue weighted by Gasteiger charge is -2.30. The van der Waals surface area contributed by atoms with Crippen molar-refractivity contribution in [1.29, 1.82) is 0 Å². The minimum atomic E-state index is 0.277. The Morgan fingerprint density at radius 1 is 1.00 bits per heavy atom. The van der Waals surface area contributed by atoms with E-state index in [1.165, 1.54) is 5.56 Å². The van der Waals surface area contributed by atoms with E-state index < -0.39 is 0 Å². The Morgan fingerprint density at radius 3 is 2.41 bits per heavy atom. The van der Waals surface area contributed by atoms with Crippen molar-refractivity contribution in [1.82, 2.24) is 5.01 Å². The predicted octanol–water partition coefficient (Wildman–Crippen LogP) is 1.13. The molecule has 0 radical (unpaired) electrons. The largest absolute Gasteiger partial charge is 0.507 e. The summed E-state index contributed by atoms with van der Waals surface area (Å²) < 4.78 is 0. The average molecular weight is 296 g/mol. The molecule has 1 aliphatic rings. The van der Waals surface area contributed by atoms with Gasteiger partial charge in [0.15, 0.2) is 0 Å². The van der Waals surface area contributed by atoms with Crippen LogP contribution in [0.5, 0.6) is 5.75 Å². The molecule has 0 aliphatic carbocycles. The van der Waals surface area contributed by atoms with Crippen molar-refractivity contribution in [2.75, 3.05) is 26.2 Å². The van der Waals surface area contributed by atoms with E-state index in [9.17, 15) is 5.11 Å². The third kappa shape index (κ3) is 3.86. The molecule has 0 unspecified atom stereocenters. The quantitative estimate of drug-likeness (QED) is 0.830. The first-order valence-corrected chi connectivity index (χ1v) is 7.76. The Bertz CT molecular complexity index is 619. The number of hydrazone groups is 1. The van der Waals surface area contributed by atoms with Gasteiger partial charge < -0.3 is 10.0 Å². The van der Waals surface area contributed by atoms with Gasteiger partial charge in [0.25, 0.3) is 0 Å². The summed E-state index contributed by atoms with van der Waals surface area (Å²) in [5.74, 6) is 0.277. The highest BCUT2D eigenvalue weighted by Gasteiger charge is 2.18. The van der Waals surface area contributed by atoms with Crippen LogP contribution >= 0.6 is 0 Å². The second kappa shape index (κ2) is 7.09. The van der Waals surface area contributed by atoms with Gasteiger partial charge in [-0.2, -0.15) is 5.10 Å². The van der Waals surface area contributed by atoms with Crippen LogP contribution in [0.3, 0.4) is 0 Å². The van der Waals surface area contributed by atoms with Crippen molar-refractivity contribution in [3.8, 4) is 5.75 Å². The zero-order valence-corrected chi connectivity index (χ0v) is 12.7. The molecule has 22 heavy (non-hydrogen) atoms. The monoisotopic (exact) mass is 296 g/mol. The maximum atomic E-state index is 9.73. The molecule has 4 heteroatoms. The normalized spacial score (nSPS) is 16.3. The Morgan fingerprint density at radius 2 is 1.68 bits per heavy atom. The minimum Gasteiger partial charge on any atom is -0.507 e. The number of quaternary nitrogens is 1. The minimum absolute atomic E-state index is 0.277. The van der Waals surface area contributed by atoms with Crippen molar-refractivity contribution in [3.05, 3.63) is 65.7 Å². The lowest BCUT2D eigenvalue weighted by Crippen LogP contribution is -3.13. The Balaban J connectivity index is 1.51. The molecule has 1 fully saturated rings. The van der Waals surface area contributed by atoms with E-state index in [4.69, 9.17) is 0 Å². The maximum Gasteiger partial charge on any atom is 0.124 e. The van der Waals surface area contributed by atoms with Crippen LogP contribution < -0.4 is 4.90 Å². The number of para-hydroxylation sites is 1. The molecule has 0 atom stereocenters. The van der Waals surface area contributed by atoms with E-state index >= 15 is 0 Å². The van der Waals surface area contributed by atoms with E-state index in [1.807, 2.05) is 18.2 Å². The summed E-state index contributed by atoms with van der Waals surface area (Å²) in [7, 11) is 0. The fourth-order valence-corrected chi connectivity index (χ4v) is 2.73. The summed E-state index contributed by atoms with van der Waals surface area (Å²) in [5.41, 5.74) is 2.16. The molecule has 1 aliphatic heterocycles. The molecule has 2 N–H and O–H groups in total. The Hall–Kier alpha value is -2.33. The number of rotatable bonds is 4. The van der Waals surface area contributed by atoms with Gasteiger partial charge in [-0.3, -0.25) is 5.01 Å². The van der Waals surface area contributed by atoms with Crippen LogP contribution in [-0.4, -0.2) is 42.5 Å².